The zero-order valence-electron chi connectivity index (χ0n) is 9.22. The summed E-state index contributed by atoms with van der Waals surface area (Å²) >= 11 is 6.23. The number of nitrogens with zero attached hydrogens (tertiary/aromatic N) is 1. The van der Waals surface area contributed by atoms with Crippen molar-refractivity contribution in [2.45, 2.75) is 23.1 Å². The maximum absolute atomic E-state index is 11.7. The summed E-state index contributed by atoms with van der Waals surface area (Å²) in [7, 11) is 1.46. The van der Waals surface area contributed by atoms with Gasteiger partial charge in [-0.3, -0.25) is 4.79 Å². The van der Waals surface area contributed by atoms with Crippen molar-refractivity contribution in [2.75, 3.05) is 7.05 Å². The first-order valence-corrected chi connectivity index (χ1v) is 5.81. The van der Waals surface area contributed by atoms with Gasteiger partial charge in [-0.25, -0.2) is 0 Å². The van der Waals surface area contributed by atoms with Crippen LogP contribution in [0.1, 0.15) is 22.9 Å². The van der Waals surface area contributed by atoms with Crippen molar-refractivity contribution in [2.24, 2.45) is 0 Å². The number of likely N-dealkylation sites (N-methyl/N-ethyl adjacent to an activating group) is 1. The molecule has 0 aromatic heterocycles. The fourth-order valence-electron chi connectivity index (χ4n) is 2.92. The minimum atomic E-state index is -1.75. The van der Waals surface area contributed by atoms with Crippen LogP contribution in [0, 0.1) is 0 Å². The van der Waals surface area contributed by atoms with Gasteiger partial charge in [0.05, 0.1) is 6.42 Å². The summed E-state index contributed by atoms with van der Waals surface area (Å²) in [5.41, 5.74) is -2.14. The second-order valence-electron chi connectivity index (χ2n) is 4.67. The number of carbonyl (C=O) groups excluding carboxylic acids is 1. The Morgan fingerprint density at radius 3 is 2.76 bits per heavy atom. The summed E-state index contributed by atoms with van der Waals surface area (Å²) in [6, 6.07) is 7.02. The SMILES string of the molecule is CN1C(=O)C[C@@]2(O)c3ccccc3[C@H](Cl)[C@@]12O. The number of likely N-dealkylation sites (tertiary alicyclic amines) is 1. The number of hydrogen-bond acceptors (Lipinski definition) is 3. The van der Waals surface area contributed by atoms with Crippen LogP contribution in [0.25, 0.3) is 0 Å². The van der Waals surface area contributed by atoms with Gasteiger partial charge in [0.1, 0.15) is 11.0 Å². The Balaban J connectivity index is 2.29. The van der Waals surface area contributed by atoms with Gasteiger partial charge in [-0.05, 0) is 11.1 Å². The van der Waals surface area contributed by atoms with E-state index in [1.165, 1.54) is 7.05 Å². The predicted molar refractivity (Wildman–Crippen MR) is 61.3 cm³/mol. The number of benzene rings is 1. The number of carbonyl (C=O) groups is 1. The lowest BCUT2D eigenvalue weighted by atomic mass is 9.90. The van der Waals surface area contributed by atoms with Crippen LogP contribution in [0.15, 0.2) is 24.3 Å². The van der Waals surface area contributed by atoms with E-state index in [0.717, 1.165) is 4.90 Å². The largest absolute Gasteiger partial charge is 0.379 e. The number of rotatable bonds is 0. The summed E-state index contributed by atoms with van der Waals surface area (Å²) in [5, 5.41) is 20.5. The Hall–Kier alpha value is -1.10. The lowest BCUT2D eigenvalue weighted by Crippen LogP contribution is -2.54. The van der Waals surface area contributed by atoms with Crippen LogP contribution in [0.5, 0.6) is 0 Å². The third kappa shape index (κ3) is 0.996. The van der Waals surface area contributed by atoms with Gasteiger partial charge in [0, 0.05) is 7.05 Å². The Bertz CT molecular complexity index is 520. The van der Waals surface area contributed by atoms with Gasteiger partial charge < -0.3 is 15.1 Å². The molecular weight excluding hydrogens is 242 g/mol. The molecule has 1 aromatic rings. The van der Waals surface area contributed by atoms with Crippen molar-refractivity contribution >= 4 is 17.5 Å². The molecule has 0 unspecified atom stereocenters. The van der Waals surface area contributed by atoms with E-state index >= 15 is 0 Å². The van der Waals surface area contributed by atoms with E-state index in [0.29, 0.717) is 11.1 Å². The minimum absolute atomic E-state index is 0.139. The summed E-state index contributed by atoms with van der Waals surface area (Å²) < 4.78 is 0. The highest BCUT2D eigenvalue weighted by molar-refractivity contribution is 6.22. The topological polar surface area (TPSA) is 60.8 Å². The van der Waals surface area contributed by atoms with E-state index in [4.69, 9.17) is 11.6 Å². The molecule has 3 rings (SSSR count). The van der Waals surface area contributed by atoms with E-state index in [-0.39, 0.29) is 12.3 Å². The van der Waals surface area contributed by atoms with Crippen molar-refractivity contribution in [1.82, 2.24) is 4.90 Å². The van der Waals surface area contributed by atoms with E-state index in [2.05, 4.69) is 0 Å². The van der Waals surface area contributed by atoms with Crippen LogP contribution in [0.4, 0.5) is 0 Å². The van der Waals surface area contributed by atoms with Gasteiger partial charge >= 0.3 is 0 Å². The van der Waals surface area contributed by atoms with Crippen LogP contribution in [-0.4, -0.2) is 33.8 Å². The first-order valence-electron chi connectivity index (χ1n) is 5.38. The average molecular weight is 254 g/mol. The molecule has 5 heteroatoms. The summed E-state index contributed by atoms with van der Waals surface area (Å²) in [6.07, 6.45) is -0.139. The molecule has 1 saturated heterocycles. The van der Waals surface area contributed by atoms with Gasteiger partial charge in [0.2, 0.25) is 5.91 Å². The Kier molecular flexibility index (Phi) is 1.95. The van der Waals surface area contributed by atoms with Gasteiger partial charge in [-0.2, -0.15) is 0 Å². The molecule has 17 heavy (non-hydrogen) atoms. The zero-order chi connectivity index (χ0) is 12.4. The molecule has 90 valence electrons. The molecule has 2 N–H and O–H groups in total. The molecule has 1 aromatic carbocycles. The standard InChI is InChI=1S/C12H12ClNO3/c1-14-9(15)6-11(16)8-5-3-2-4-7(8)10(13)12(11,14)17/h2-5,10,16-17H,6H2,1H3/t10-,11+,12-/m0/s1. The summed E-state index contributed by atoms with van der Waals surface area (Å²) in [5.74, 6) is -0.310. The molecule has 1 heterocycles. The third-order valence-electron chi connectivity index (χ3n) is 3.93. The van der Waals surface area contributed by atoms with Gasteiger partial charge in [-0.1, -0.05) is 24.3 Å². The lowest BCUT2D eigenvalue weighted by molar-refractivity contribution is -0.187. The van der Waals surface area contributed by atoms with Crippen molar-refractivity contribution in [3.05, 3.63) is 35.4 Å². The van der Waals surface area contributed by atoms with Crippen molar-refractivity contribution < 1.29 is 15.0 Å². The highest BCUT2D eigenvalue weighted by Gasteiger charge is 2.69. The van der Waals surface area contributed by atoms with E-state index in [1.807, 2.05) is 0 Å². The molecule has 0 spiro atoms. The number of aliphatic hydroxyl groups is 2. The zero-order valence-corrected chi connectivity index (χ0v) is 9.98. The summed E-state index contributed by atoms with van der Waals surface area (Å²) in [6.45, 7) is 0. The quantitative estimate of drug-likeness (QED) is 0.670. The molecule has 1 aliphatic heterocycles. The Morgan fingerprint density at radius 1 is 1.41 bits per heavy atom. The monoisotopic (exact) mass is 253 g/mol. The first kappa shape index (κ1) is 11.0. The molecule has 1 fully saturated rings. The first-order chi connectivity index (χ1) is 7.93. The highest BCUT2D eigenvalue weighted by atomic mass is 35.5. The Morgan fingerprint density at radius 2 is 2.06 bits per heavy atom. The van der Waals surface area contributed by atoms with E-state index < -0.39 is 16.7 Å². The highest BCUT2D eigenvalue weighted by Crippen LogP contribution is 2.59. The van der Waals surface area contributed by atoms with Crippen molar-refractivity contribution in [3.8, 4) is 0 Å². The molecule has 3 atom stereocenters. The van der Waals surface area contributed by atoms with Crippen LogP contribution >= 0.6 is 11.6 Å². The summed E-state index contributed by atoms with van der Waals surface area (Å²) in [4.78, 5) is 12.8. The fourth-order valence-corrected chi connectivity index (χ4v) is 3.44. The molecule has 0 radical (unpaired) electrons. The van der Waals surface area contributed by atoms with Crippen LogP contribution in [0.3, 0.4) is 0 Å². The molecule has 0 bridgehead atoms. The number of alkyl halides is 1. The smallest absolute Gasteiger partial charge is 0.228 e. The number of fused-ring (bicyclic) bond motifs is 3. The minimum Gasteiger partial charge on any atom is -0.379 e. The molecule has 1 amide bonds. The Labute approximate surface area is 103 Å². The lowest BCUT2D eigenvalue weighted by Gasteiger charge is -2.37. The van der Waals surface area contributed by atoms with Crippen LogP contribution in [0.2, 0.25) is 0 Å². The number of halogens is 1. The second-order valence-corrected chi connectivity index (χ2v) is 5.10. The van der Waals surface area contributed by atoms with Crippen molar-refractivity contribution in [3.63, 3.8) is 0 Å². The van der Waals surface area contributed by atoms with E-state index in [9.17, 15) is 15.0 Å². The third-order valence-corrected chi connectivity index (χ3v) is 4.47. The molecular formula is C12H12ClNO3. The second kappa shape index (κ2) is 3.02. The molecule has 1 aliphatic carbocycles. The normalized spacial score (nSPS) is 39.4. The van der Waals surface area contributed by atoms with E-state index in [1.54, 1.807) is 24.3 Å². The van der Waals surface area contributed by atoms with Gasteiger partial charge in [-0.15, -0.1) is 11.6 Å². The average Bonchev–Trinajstić information content (AvgIpc) is 2.60. The molecule has 0 saturated carbocycles. The maximum Gasteiger partial charge on any atom is 0.228 e. The van der Waals surface area contributed by atoms with Gasteiger partial charge in [0.15, 0.2) is 5.72 Å². The van der Waals surface area contributed by atoms with Crippen LogP contribution < -0.4 is 0 Å². The van der Waals surface area contributed by atoms with Gasteiger partial charge in [0.25, 0.3) is 0 Å². The maximum atomic E-state index is 11.7. The fraction of sp³-hybridized carbons (Fsp3) is 0.417. The number of amides is 1. The van der Waals surface area contributed by atoms with Crippen LogP contribution in [-0.2, 0) is 10.4 Å². The molecule has 4 nitrogen and oxygen atoms in total. The molecule has 2 aliphatic rings. The predicted octanol–water partition coefficient (Wildman–Crippen LogP) is 0.718. The number of hydrogen-bond donors (Lipinski definition) is 2. The van der Waals surface area contributed by atoms with Crippen molar-refractivity contribution in [1.29, 1.82) is 0 Å².